The van der Waals surface area contributed by atoms with Crippen molar-refractivity contribution in [2.75, 3.05) is 6.17 Å². The minimum absolute atomic E-state index is 0.771. The first kappa shape index (κ1) is 6.71. The maximum atomic E-state index is 6.52. The Bertz CT molecular complexity index is 85.2. The molecule has 0 aromatic carbocycles. The molecule has 0 saturated heterocycles. The minimum Gasteiger partial charge on any atom is -0.322 e. The first-order chi connectivity index (χ1) is 3.06. The number of rotatable bonds is 1. The summed E-state index contributed by atoms with van der Waals surface area (Å²) in [5.74, 6) is 0. The molecule has 7 heavy (non-hydrogen) atoms. The summed E-state index contributed by atoms with van der Waals surface area (Å²) in [6, 6.07) is 0. The van der Waals surface area contributed by atoms with E-state index < -0.39 is 8.07 Å². The van der Waals surface area contributed by atoms with Crippen molar-refractivity contribution in [2.45, 2.75) is 19.6 Å². The van der Waals surface area contributed by atoms with Crippen molar-refractivity contribution in [1.82, 2.24) is 0 Å². The van der Waals surface area contributed by atoms with Gasteiger partial charge in [-0.1, -0.05) is 19.6 Å². The lowest BCUT2D eigenvalue weighted by Crippen LogP contribution is -2.23. The molecule has 2 heteroatoms. The lowest BCUT2D eigenvalue weighted by Gasteiger charge is -2.02. The van der Waals surface area contributed by atoms with E-state index in [-0.39, 0.29) is 0 Å². The first-order valence-corrected chi connectivity index (χ1v) is 6.10. The molecule has 0 heterocycles. The average molecular weight is 113 g/mol. The monoisotopic (exact) mass is 113 g/mol. The van der Waals surface area contributed by atoms with Crippen LogP contribution < -0.4 is 0 Å². The van der Waals surface area contributed by atoms with Crippen molar-refractivity contribution in [3.63, 3.8) is 0 Å². The van der Waals surface area contributed by atoms with Gasteiger partial charge in [0, 0.05) is 0 Å². The van der Waals surface area contributed by atoms with E-state index in [1.54, 1.807) is 0 Å². The first-order valence-electron chi connectivity index (χ1n) is 2.39. The van der Waals surface area contributed by atoms with Crippen LogP contribution in [0.5, 0.6) is 0 Å². The third-order valence-electron chi connectivity index (χ3n) is 0.553. The number of hydrogen-bond donors (Lipinski definition) is 0. The summed E-state index contributed by atoms with van der Waals surface area (Å²) in [7, 11) is -1.01. The predicted octanol–water partition coefficient (Wildman–Crippen LogP) is 1.78. The van der Waals surface area contributed by atoms with E-state index in [2.05, 4.69) is 24.5 Å². The Hall–Kier alpha value is -0.293. The molecule has 0 rings (SSSR count). The molecule has 0 saturated carbocycles. The standard InChI is InChI=1S/C5H11NSi/c1-6-5-7(2,3)4/h5H2,2-4H3. The number of nitrogens with zero attached hydrogens (tertiary/aromatic N) is 1. The number of hydrogen-bond acceptors (Lipinski definition) is 0. The van der Waals surface area contributed by atoms with E-state index in [9.17, 15) is 0 Å². The third kappa shape index (κ3) is 5.71. The molecule has 0 bridgehead atoms. The van der Waals surface area contributed by atoms with Crippen LogP contribution in [0, 0.1) is 6.57 Å². The van der Waals surface area contributed by atoms with Gasteiger partial charge in [0.25, 0.3) is 0 Å². The lowest BCUT2D eigenvalue weighted by molar-refractivity contribution is 1.53. The smallest absolute Gasteiger partial charge is 0.194 e. The van der Waals surface area contributed by atoms with Crippen LogP contribution in [0.15, 0.2) is 0 Å². The molecule has 0 aliphatic rings. The van der Waals surface area contributed by atoms with Gasteiger partial charge in [-0.15, -0.1) is 0 Å². The van der Waals surface area contributed by atoms with Crippen LogP contribution in [0.4, 0.5) is 0 Å². The Morgan fingerprint density at radius 2 is 1.86 bits per heavy atom. The minimum atomic E-state index is -1.01. The van der Waals surface area contributed by atoms with Crippen molar-refractivity contribution < 1.29 is 0 Å². The molecule has 0 unspecified atom stereocenters. The fourth-order valence-electron chi connectivity index (χ4n) is 0.237. The van der Waals surface area contributed by atoms with Crippen molar-refractivity contribution in [2.24, 2.45) is 0 Å². The van der Waals surface area contributed by atoms with Crippen molar-refractivity contribution in [3.8, 4) is 0 Å². The highest BCUT2D eigenvalue weighted by Gasteiger charge is 2.15. The maximum Gasteiger partial charge on any atom is 0.194 e. The molecular weight excluding hydrogens is 102 g/mol. The molecule has 0 N–H and O–H groups in total. The Labute approximate surface area is 46.2 Å². The van der Waals surface area contributed by atoms with Crippen LogP contribution in [-0.2, 0) is 0 Å². The van der Waals surface area contributed by atoms with Crippen LogP contribution in [0.1, 0.15) is 0 Å². The Morgan fingerprint density at radius 1 is 1.43 bits per heavy atom. The Kier molecular flexibility index (Phi) is 2.04. The summed E-state index contributed by atoms with van der Waals surface area (Å²) in [6.07, 6.45) is 0.771. The van der Waals surface area contributed by atoms with Gasteiger partial charge in [-0.05, 0) is 0 Å². The van der Waals surface area contributed by atoms with Gasteiger partial charge in [0.1, 0.15) is 8.07 Å². The molecule has 0 aromatic rings. The SMILES string of the molecule is [C-]#[N+]C[Si](C)(C)C. The Balaban J connectivity index is 3.40. The summed E-state index contributed by atoms with van der Waals surface area (Å²) < 4.78 is 0. The molecule has 0 aliphatic heterocycles. The van der Waals surface area contributed by atoms with E-state index in [0.29, 0.717) is 0 Å². The normalized spacial score (nSPS) is 10.6. The van der Waals surface area contributed by atoms with Crippen LogP contribution in [0.2, 0.25) is 19.6 Å². The Morgan fingerprint density at radius 3 is 1.86 bits per heavy atom. The molecule has 40 valence electrons. The molecule has 0 aromatic heterocycles. The lowest BCUT2D eigenvalue weighted by atomic mass is 11.4. The van der Waals surface area contributed by atoms with Crippen LogP contribution in [0.3, 0.4) is 0 Å². The fourth-order valence-corrected chi connectivity index (χ4v) is 0.712. The van der Waals surface area contributed by atoms with Gasteiger partial charge in [0.15, 0.2) is 6.17 Å². The van der Waals surface area contributed by atoms with Gasteiger partial charge in [0.05, 0.1) is 0 Å². The van der Waals surface area contributed by atoms with E-state index >= 15 is 0 Å². The molecular formula is C5H11NSi. The van der Waals surface area contributed by atoms with E-state index in [0.717, 1.165) is 6.17 Å². The van der Waals surface area contributed by atoms with Crippen LogP contribution >= 0.6 is 0 Å². The highest BCUT2D eigenvalue weighted by Crippen LogP contribution is 1.98. The molecule has 0 atom stereocenters. The van der Waals surface area contributed by atoms with Gasteiger partial charge in [-0.2, -0.15) is 0 Å². The predicted molar refractivity (Wildman–Crippen MR) is 34.8 cm³/mol. The second kappa shape index (κ2) is 2.13. The van der Waals surface area contributed by atoms with Gasteiger partial charge in [0.2, 0.25) is 0 Å². The summed E-state index contributed by atoms with van der Waals surface area (Å²) >= 11 is 0. The molecule has 1 nitrogen and oxygen atoms in total. The maximum absolute atomic E-state index is 6.52. The van der Waals surface area contributed by atoms with Gasteiger partial charge in [-0.3, -0.25) is 0 Å². The topological polar surface area (TPSA) is 4.36 Å². The van der Waals surface area contributed by atoms with Crippen LogP contribution in [0.25, 0.3) is 4.85 Å². The average Bonchev–Trinajstić information content (AvgIpc) is 1.30. The summed E-state index contributed by atoms with van der Waals surface area (Å²) in [6.45, 7) is 13.1. The van der Waals surface area contributed by atoms with Crippen molar-refractivity contribution >= 4 is 8.07 Å². The molecule has 0 radical (unpaired) electrons. The summed E-state index contributed by atoms with van der Waals surface area (Å²) in [5.41, 5.74) is 0. The molecule has 0 amide bonds. The summed E-state index contributed by atoms with van der Waals surface area (Å²) in [5, 5.41) is 0. The molecule has 0 spiro atoms. The zero-order valence-corrected chi connectivity index (χ0v) is 6.15. The van der Waals surface area contributed by atoms with E-state index in [1.165, 1.54) is 0 Å². The second-order valence-electron chi connectivity index (χ2n) is 2.88. The molecule has 0 fully saturated rings. The largest absolute Gasteiger partial charge is 0.322 e. The van der Waals surface area contributed by atoms with Gasteiger partial charge in [-0.25, -0.2) is 6.57 Å². The van der Waals surface area contributed by atoms with E-state index in [1.807, 2.05) is 0 Å². The third-order valence-corrected chi connectivity index (χ3v) is 1.66. The van der Waals surface area contributed by atoms with E-state index in [4.69, 9.17) is 6.57 Å². The highest BCUT2D eigenvalue weighted by atomic mass is 28.3. The van der Waals surface area contributed by atoms with Crippen LogP contribution in [-0.4, -0.2) is 14.2 Å². The van der Waals surface area contributed by atoms with Gasteiger partial charge >= 0.3 is 0 Å². The van der Waals surface area contributed by atoms with Crippen molar-refractivity contribution in [1.29, 1.82) is 0 Å². The second-order valence-corrected chi connectivity index (χ2v) is 8.31. The van der Waals surface area contributed by atoms with Gasteiger partial charge < -0.3 is 4.85 Å². The summed E-state index contributed by atoms with van der Waals surface area (Å²) in [4.78, 5) is 3.32. The highest BCUT2D eigenvalue weighted by molar-refractivity contribution is 6.76. The quantitative estimate of drug-likeness (QED) is 0.360. The zero-order valence-electron chi connectivity index (χ0n) is 5.15. The zero-order chi connectivity index (χ0) is 5.91. The van der Waals surface area contributed by atoms with Crippen molar-refractivity contribution in [3.05, 3.63) is 11.4 Å². The fraction of sp³-hybridized carbons (Fsp3) is 0.800. The molecule has 0 aliphatic carbocycles.